The minimum atomic E-state index is -0.515. The van der Waals surface area contributed by atoms with Crippen LogP contribution in [0.5, 0.6) is 0 Å². The van der Waals surface area contributed by atoms with Gasteiger partial charge in [0, 0.05) is 24.1 Å². The van der Waals surface area contributed by atoms with Crippen molar-refractivity contribution in [2.45, 2.75) is 20.0 Å². The van der Waals surface area contributed by atoms with Crippen LogP contribution in [0.3, 0.4) is 0 Å². The maximum atomic E-state index is 12.4. The zero-order valence-electron chi connectivity index (χ0n) is 12.1. The lowest BCUT2D eigenvalue weighted by atomic mass is 10.1. The summed E-state index contributed by atoms with van der Waals surface area (Å²) in [5.74, 6) is 0.334. The molecule has 0 fully saturated rings. The molecule has 0 aliphatic rings. The number of benzene rings is 1. The minimum Gasteiger partial charge on any atom is -0.450 e. The molecule has 0 saturated heterocycles. The lowest BCUT2D eigenvalue weighted by Gasteiger charge is -2.09. The van der Waals surface area contributed by atoms with Gasteiger partial charge in [0.15, 0.2) is 23.4 Å². The normalized spacial score (nSPS) is 12.1. The molecular formula is C16H14N2O3S. The van der Waals surface area contributed by atoms with E-state index in [2.05, 4.69) is 9.97 Å². The van der Waals surface area contributed by atoms with E-state index in [1.807, 2.05) is 35.7 Å². The first kappa shape index (κ1) is 14.5. The Morgan fingerprint density at radius 1 is 1.32 bits per heavy atom. The molecule has 112 valence electrons. The van der Waals surface area contributed by atoms with E-state index in [9.17, 15) is 4.79 Å². The second-order valence-electron chi connectivity index (χ2n) is 4.69. The first-order valence-corrected chi connectivity index (χ1v) is 7.66. The van der Waals surface area contributed by atoms with E-state index in [4.69, 9.17) is 9.15 Å². The summed E-state index contributed by atoms with van der Waals surface area (Å²) in [7, 11) is 0. The van der Waals surface area contributed by atoms with Crippen LogP contribution in [0.1, 0.15) is 34.4 Å². The van der Waals surface area contributed by atoms with Gasteiger partial charge in [0.2, 0.25) is 0 Å². The van der Waals surface area contributed by atoms with Gasteiger partial charge in [-0.15, -0.1) is 11.3 Å². The predicted octanol–water partition coefficient (Wildman–Crippen LogP) is 4.02. The maximum absolute atomic E-state index is 12.4. The van der Waals surface area contributed by atoms with E-state index in [1.165, 1.54) is 11.3 Å². The highest BCUT2D eigenvalue weighted by Crippen LogP contribution is 2.27. The summed E-state index contributed by atoms with van der Waals surface area (Å²) >= 11 is 1.44. The number of hydrogen-bond donors (Lipinski definition) is 0. The molecule has 22 heavy (non-hydrogen) atoms. The van der Waals surface area contributed by atoms with Crippen molar-refractivity contribution >= 4 is 17.3 Å². The van der Waals surface area contributed by atoms with Gasteiger partial charge in [-0.2, -0.15) is 0 Å². The average molecular weight is 314 g/mol. The van der Waals surface area contributed by atoms with E-state index < -0.39 is 12.1 Å². The van der Waals surface area contributed by atoms with E-state index >= 15 is 0 Å². The van der Waals surface area contributed by atoms with E-state index in [1.54, 1.807) is 20.0 Å². The SMILES string of the molecule is Cc1nc(C(=O)O[C@H](C)c2nccs2)c(-c2ccccc2)o1. The van der Waals surface area contributed by atoms with Crippen LogP contribution in [-0.2, 0) is 4.74 Å². The van der Waals surface area contributed by atoms with Crippen LogP contribution in [0.15, 0.2) is 46.3 Å². The molecule has 0 radical (unpaired) electrons. The largest absolute Gasteiger partial charge is 0.450 e. The van der Waals surface area contributed by atoms with Crippen molar-refractivity contribution < 1.29 is 13.9 Å². The highest BCUT2D eigenvalue weighted by atomic mass is 32.1. The fraction of sp³-hybridized carbons (Fsp3) is 0.188. The number of ether oxygens (including phenoxy) is 1. The molecular weight excluding hydrogens is 300 g/mol. The number of hydrogen-bond acceptors (Lipinski definition) is 6. The Hall–Kier alpha value is -2.47. The minimum absolute atomic E-state index is 0.187. The second kappa shape index (κ2) is 6.11. The van der Waals surface area contributed by atoms with Crippen molar-refractivity contribution in [3.05, 3.63) is 58.5 Å². The number of carbonyl (C=O) groups excluding carboxylic acids is 1. The van der Waals surface area contributed by atoms with Crippen LogP contribution in [0.4, 0.5) is 0 Å². The van der Waals surface area contributed by atoms with Gasteiger partial charge in [0.1, 0.15) is 5.01 Å². The highest BCUT2D eigenvalue weighted by molar-refractivity contribution is 7.09. The van der Waals surface area contributed by atoms with Gasteiger partial charge in [0.25, 0.3) is 0 Å². The molecule has 0 spiro atoms. The molecule has 1 atom stereocenters. The van der Waals surface area contributed by atoms with Crippen LogP contribution in [-0.4, -0.2) is 15.9 Å². The van der Waals surface area contributed by atoms with Gasteiger partial charge in [-0.05, 0) is 6.92 Å². The molecule has 3 rings (SSSR count). The molecule has 2 aromatic heterocycles. The summed E-state index contributed by atoms with van der Waals surface area (Å²) in [4.78, 5) is 20.7. The number of aromatic nitrogens is 2. The van der Waals surface area contributed by atoms with Crippen LogP contribution < -0.4 is 0 Å². The highest BCUT2D eigenvalue weighted by Gasteiger charge is 2.24. The monoisotopic (exact) mass is 314 g/mol. The van der Waals surface area contributed by atoms with Crippen LogP contribution in [0, 0.1) is 6.92 Å². The first-order chi connectivity index (χ1) is 10.6. The molecule has 6 heteroatoms. The van der Waals surface area contributed by atoms with Crippen LogP contribution in [0.2, 0.25) is 0 Å². The molecule has 0 aliphatic heterocycles. The van der Waals surface area contributed by atoms with Gasteiger partial charge < -0.3 is 9.15 Å². The molecule has 0 N–H and O–H groups in total. The van der Waals surface area contributed by atoms with Crippen molar-refractivity contribution in [1.82, 2.24) is 9.97 Å². The number of nitrogens with zero attached hydrogens (tertiary/aromatic N) is 2. The molecule has 2 heterocycles. The number of esters is 1. The standard InChI is InChI=1S/C16H14N2O3S/c1-10(15-17-8-9-22-15)20-16(19)13-14(21-11(2)18-13)12-6-4-3-5-7-12/h3-10H,1-2H3/t10-/m1/s1. The second-order valence-corrected chi connectivity index (χ2v) is 5.62. The van der Waals surface area contributed by atoms with Crippen molar-refractivity contribution in [2.75, 3.05) is 0 Å². The Morgan fingerprint density at radius 2 is 2.09 bits per heavy atom. The Balaban J connectivity index is 1.87. The zero-order chi connectivity index (χ0) is 15.5. The fourth-order valence-electron chi connectivity index (χ4n) is 2.05. The van der Waals surface area contributed by atoms with Crippen molar-refractivity contribution in [1.29, 1.82) is 0 Å². The lowest BCUT2D eigenvalue weighted by Crippen LogP contribution is -2.10. The van der Waals surface area contributed by atoms with Crippen molar-refractivity contribution in [3.8, 4) is 11.3 Å². The first-order valence-electron chi connectivity index (χ1n) is 6.78. The molecule has 0 amide bonds. The number of carbonyl (C=O) groups is 1. The maximum Gasteiger partial charge on any atom is 0.361 e. The molecule has 0 unspecified atom stereocenters. The third-order valence-corrected chi connectivity index (χ3v) is 3.98. The molecule has 5 nitrogen and oxygen atoms in total. The number of thiazole rings is 1. The fourth-order valence-corrected chi connectivity index (χ4v) is 2.68. The summed E-state index contributed by atoms with van der Waals surface area (Å²) in [6.07, 6.45) is 1.26. The molecule has 0 bridgehead atoms. The van der Waals surface area contributed by atoms with E-state index in [0.29, 0.717) is 11.7 Å². The van der Waals surface area contributed by atoms with Gasteiger partial charge in [-0.25, -0.2) is 14.8 Å². The van der Waals surface area contributed by atoms with Gasteiger partial charge >= 0.3 is 5.97 Å². The predicted molar refractivity (Wildman–Crippen MR) is 82.6 cm³/mol. The van der Waals surface area contributed by atoms with E-state index in [-0.39, 0.29) is 5.69 Å². The quantitative estimate of drug-likeness (QED) is 0.680. The number of aryl methyl sites for hydroxylation is 1. The van der Waals surface area contributed by atoms with Gasteiger partial charge in [-0.1, -0.05) is 30.3 Å². The Bertz CT molecular complexity index is 766. The van der Waals surface area contributed by atoms with E-state index in [0.717, 1.165) is 10.6 Å². The zero-order valence-corrected chi connectivity index (χ0v) is 13.0. The lowest BCUT2D eigenvalue weighted by molar-refractivity contribution is 0.0331. The van der Waals surface area contributed by atoms with Crippen molar-refractivity contribution in [3.63, 3.8) is 0 Å². The number of oxazole rings is 1. The third kappa shape index (κ3) is 2.92. The average Bonchev–Trinajstić information content (AvgIpc) is 3.17. The smallest absolute Gasteiger partial charge is 0.361 e. The van der Waals surface area contributed by atoms with Gasteiger partial charge in [0.05, 0.1) is 0 Å². The Morgan fingerprint density at radius 3 is 2.77 bits per heavy atom. The number of rotatable bonds is 4. The molecule has 0 aliphatic carbocycles. The van der Waals surface area contributed by atoms with Crippen molar-refractivity contribution in [2.24, 2.45) is 0 Å². The summed E-state index contributed by atoms with van der Waals surface area (Å²) in [5, 5.41) is 2.59. The Labute approximate surface area is 131 Å². The molecule has 3 aromatic rings. The van der Waals surface area contributed by atoms with Crippen LogP contribution >= 0.6 is 11.3 Å². The summed E-state index contributed by atoms with van der Waals surface area (Å²) in [6, 6.07) is 9.37. The summed E-state index contributed by atoms with van der Waals surface area (Å²) in [6.45, 7) is 3.49. The third-order valence-electron chi connectivity index (χ3n) is 3.05. The summed E-state index contributed by atoms with van der Waals surface area (Å²) in [5.41, 5.74) is 0.976. The topological polar surface area (TPSA) is 65.2 Å². The molecule has 0 saturated carbocycles. The van der Waals surface area contributed by atoms with Gasteiger partial charge in [-0.3, -0.25) is 0 Å². The Kier molecular flexibility index (Phi) is 4.02. The molecule has 1 aromatic carbocycles. The van der Waals surface area contributed by atoms with Crippen LogP contribution in [0.25, 0.3) is 11.3 Å². The summed E-state index contributed by atoms with van der Waals surface area (Å²) < 4.78 is 11.0.